The van der Waals surface area contributed by atoms with Gasteiger partial charge in [0, 0.05) is 39.1 Å². The summed E-state index contributed by atoms with van der Waals surface area (Å²) in [5.74, 6) is 0.856. The molecule has 1 saturated heterocycles. The first-order chi connectivity index (χ1) is 13.5. The predicted octanol–water partition coefficient (Wildman–Crippen LogP) is 1.81. The van der Waals surface area contributed by atoms with E-state index in [2.05, 4.69) is 15.6 Å². The van der Waals surface area contributed by atoms with E-state index >= 15 is 0 Å². The topological polar surface area (TPSA) is 90.9 Å². The molecule has 0 unspecified atom stereocenters. The molecule has 1 aliphatic heterocycles. The highest BCUT2D eigenvalue weighted by atomic mass is 32.2. The van der Waals surface area contributed by atoms with Gasteiger partial charge in [-0.05, 0) is 38.3 Å². The Bertz CT molecular complexity index is 735. The van der Waals surface area contributed by atoms with Crippen molar-refractivity contribution in [3.8, 4) is 0 Å². The Morgan fingerprint density at radius 2 is 1.93 bits per heavy atom. The monoisotopic (exact) mass is 408 g/mol. The zero-order valence-corrected chi connectivity index (χ0v) is 17.5. The molecule has 1 aliphatic rings. The van der Waals surface area contributed by atoms with Crippen LogP contribution in [0, 0.1) is 0 Å². The highest BCUT2D eigenvalue weighted by Crippen LogP contribution is 2.11. The Kier molecular flexibility index (Phi) is 9.27. The third kappa shape index (κ3) is 7.50. The molecule has 156 valence electrons. The number of carbonyl (C=O) groups excluding carboxylic acids is 1. The maximum Gasteiger partial charge on any atom is 0.222 e. The number of benzene rings is 1. The summed E-state index contributed by atoms with van der Waals surface area (Å²) in [6, 6.07) is 8.46. The molecular weight excluding hydrogens is 376 g/mol. The molecule has 0 aliphatic carbocycles. The van der Waals surface area contributed by atoms with E-state index in [0.717, 1.165) is 38.8 Å². The molecular formula is C20H32N4O3S. The van der Waals surface area contributed by atoms with Gasteiger partial charge < -0.3 is 15.5 Å². The lowest BCUT2D eigenvalue weighted by molar-refractivity contribution is -0.130. The van der Waals surface area contributed by atoms with Crippen LogP contribution >= 0.6 is 0 Å². The van der Waals surface area contributed by atoms with Crippen molar-refractivity contribution in [1.29, 1.82) is 0 Å². The summed E-state index contributed by atoms with van der Waals surface area (Å²) in [5.41, 5.74) is 0. The van der Waals surface area contributed by atoms with Gasteiger partial charge in [-0.25, -0.2) is 8.42 Å². The number of sulfone groups is 1. The van der Waals surface area contributed by atoms with Gasteiger partial charge in [-0.15, -0.1) is 0 Å². The average molecular weight is 409 g/mol. The van der Waals surface area contributed by atoms with E-state index in [4.69, 9.17) is 0 Å². The SMILES string of the molecule is CCNC(=NCCCN1CCCCCC1=O)NCCS(=O)(=O)c1ccccc1. The Morgan fingerprint density at radius 1 is 1.14 bits per heavy atom. The molecule has 1 amide bonds. The number of nitrogens with zero attached hydrogens (tertiary/aromatic N) is 2. The first-order valence-corrected chi connectivity index (χ1v) is 11.8. The molecule has 0 radical (unpaired) electrons. The molecule has 0 saturated carbocycles. The van der Waals surface area contributed by atoms with Crippen molar-refractivity contribution in [2.24, 2.45) is 4.99 Å². The fraction of sp³-hybridized carbons (Fsp3) is 0.600. The van der Waals surface area contributed by atoms with Crippen LogP contribution in [-0.4, -0.2) is 63.7 Å². The number of aliphatic imine (C=N–C) groups is 1. The predicted molar refractivity (Wildman–Crippen MR) is 112 cm³/mol. The molecule has 1 aromatic carbocycles. The molecule has 0 aromatic heterocycles. The lowest BCUT2D eigenvalue weighted by Gasteiger charge is -2.20. The van der Waals surface area contributed by atoms with Crippen molar-refractivity contribution in [2.45, 2.75) is 43.9 Å². The van der Waals surface area contributed by atoms with Crippen LogP contribution in [0.2, 0.25) is 0 Å². The summed E-state index contributed by atoms with van der Waals surface area (Å²) in [6.45, 7) is 5.11. The summed E-state index contributed by atoms with van der Waals surface area (Å²) >= 11 is 0. The van der Waals surface area contributed by atoms with E-state index in [1.165, 1.54) is 0 Å². The van der Waals surface area contributed by atoms with Crippen LogP contribution in [0.4, 0.5) is 0 Å². The maximum absolute atomic E-state index is 12.3. The number of amides is 1. The van der Waals surface area contributed by atoms with E-state index in [1.54, 1.807) is 30.3 Å². The third-order valence-electron chi connectivity index (χ3n) is 4.64. The van der Waals surface area contributed by atoms with Crippen LogP contribution in [-0.2, 0) is 14.6 Å². The van der Waals surface area contributed by atoms with E-state index in [1.807, 2.05) is 11.8 Å². The number of nitrogens with one attached hydrogen (secondary N) is 2. The average Bonchev–Trinajstić information content (AvgIpc) is 2.90. The second kappa shape index (κ2) is 11.7. The van der Waals surface area contributed by atoms with Crippen molar-refractivity contribution in [3.63, 3.8) is 0 Å². The second-order valence-electron chi connectivity index (χ2n) is 6.86. The molecule has 0 spiro atoms. The number of carbonyl (C=O) groups is 1. The minimum Gasteiger partial charge on any atom is -0.357 e. The van der Waals surface area contributed by atoms with Crippen LogP contribution in [0.15, 0.2) is 40.2 Å². The van der Waals surface area contributed by atoms with E-state index in [9.17, 15) is 13.2 Å². The maximum atomic E-state index is 12.3. The lowest BCUT2D eigenvalue weighted by atomic mass is 10.2. The van der Waals surface area contributed by atoms with E-state index in [0.29, 0.717) is 30.4 Å². The zero-order valence-electron chi connectivity index (χ0n) is 16.7. The van der Waals surface area contributed by atoms with Crippen molar-refractivity contribution >= 4 is 21.7 Å². The number of likely N-dealkylation sites (tertiary alicyclic amines) is 1. The smallest absolute Gasteiger partial charge is 0.222 e. The van der Waals surface area contributed by atoms with Gasteiger partial charge >= 0.3 is 0 Å². The minimum absolute atomic E-state index is 0.00368. The minimum atomic E-state index is -3.31. The van der Waals surface area contributed by atoms with Crippen molar-refractivity contribution in [1.82, 2.24) is 15.5 Å². The van der Waals surface area contributed by atoms with Gasteiger partial charge in [-0.2, -0.15) is 0 Å². The first kappa shape index (κ1) is 22.2. The summed E-state index contributed by atoms with van der Waals surface area (Å²) in [7, 11) is -3.31. The standard InChI is InChI=1S/C20H32N4O3S/c1-2-21-20(22-13-9-16-24-15-8-4-7-12-19(24)25)23-14-17-28(26,27)18-10-5-3-6-11-18/h3,5-6,10-11H,2,4,7-9,12-17H2,1H3,(H2,21,22,23). The molecule has 28 heavy (non-hydrogen) atoms. The Balaban J connectivity index is 1.77. The highest BCUT2D eigenvalue weighted by molar-refractivity contribution is 7.91. The van der Waals surface area contributed by atoms with Gasteiger partial charge in [0.1, 0.15) is 0 Å². The van der Waals surface area contributed by atoms with Crippen molar-refractivity contribution < 1.29 is 13.2 Å². The molecule has 1 aromatic rings. The normalized spacial score (nSPS) is 16.0. The quantitative estimate of drug-likeness (QED) is 0.369. The number of guanidine groups is 1. The van der Waals surface area contributed by atoms with Gasteiger partial charge in [0.15, 0.2) is 15.8 Å². The van der Waals surface area contributed by atoms with E-state index < -0.39 is 9.84 Å². The van der Waals surface area contributed by atoms with Gasteiger partial charge in [-0.3, -0.25) is 9.79 Å². The third-order valence-corrected chi connectivity index (χ3v) is 6.37. The summed E-state index contributed by atoms with van der Waals surface area (Å²) in [6.07, 6.45) is 4.65. The van der Waals surface area contributed by atoms with Crippen molar-refractivity contribution in [2.75, 3.05) is 38.5 Å². The zero-order chi connectivity index (χ0) is 20.2. The summed E-state index contributed by atoms with van der Waals surface area (Å²) in [5, 5.41) is 6.21. The first-order valence-electron chi connectivity index (χ1n) is 10.1. The molecule has 8 heteroatoms. The molecule has 0 atom stereocenters. The van der Waals surface area contributed by atoms with Crippen LogP contribution in [0.1, 0.15) is 39.0 Å². The molecule has 2 N–H and O–H groups in total. The Morgan fingerprint density at radius 3 is 2.68 bits per heavy atom. The van der Waals surface area contributed by atoms with Crippen LogP contribution in [0.5, 0.6) is 0 Å². The van der Waals surface area contributed by atoms with Gasteiger partial charge in [0.2, 0.25) is 5.91 Å². The van der Waals surface area contributed by atoms with Gasteiger partial charge in [-0.1, -0.05) is 24.6 Å². The molecule has 1 heterocycles. The molecule has 7 nitrogen and oxygen atoms in total. The highest BCUT2D eigenvalue weighted by Gasteiger charge is 2.16. The molecule has 1 fully saturated rings. The summed E-state index contributed by atoms with van der Waals surface area (Å²) in [4.78, 5) is 18.8. The molecule has 0 bridgehead atoms. The molecule has 2 rings (SSSR count). The fourth-order valence-corrected chi connectivity index (χ4v) is 4.30. The van der Waals surface area contributed by atoms with Gasteiger partial charge in [0.05, 0.1) is 10.6 Å². The van der Waals surface area contributed by atoms with Crippen LogP contribution in [0.3, 0.4) is 0 Å². The second-order valence-corrected chi connectivity index (χ2v) is 8.97. The largest absolute Gasteiger partial charge is 0.357 e. The van der Waals surface area contributed by atoms with Gasteiger partial charge in [0.25, 0.3) is 0 Å². The number of hydrogen-bond acceptors (Lipinski definition) is 4. The van der Waals surface area contributed by atoms with Crippen LogP contribution in [0.25, 0.3) is 0 Å². The fourth-order valence-electron chi connectivity index (χ4n) is 3.12. The van der Waals surface area contributed by atoms with Crippen molar-refractivity contribution in [3.05, 3.63) is 30.3 Å². The Hall–Kier alpha value is -2.09. The summed E-state index contributed by atoms with van der Waals surface area (Å²) < 4.78 is 24.7. The number of rotatable bonds is 9. The lowest BCUT2D eigenvalue weighted by Crippen LogP contribution is -2.39. The van der Waals surface area contributed by atoms with Crippen LogP contribution < -0.4 is 10.6 Å². The van der Waals surface area contributed by atoms with E-state index in [-0.39, 0.29) is 18.2 Å². The number of hydrogen-bond donors (Lipinski definition) is 2. The Labute approximate surface area is 168 Å².